The van der Waals surface area contributed by atoms with E-state index in [9.17, 15) is 19.7 Å². The molecule has 140 valence electrons. The lowest BCUT2D eigenvalue weighted by atomic mass is 9.89. The second-order valence-corrected chi connectivity index (χ2v) is 6.28. The zero-order valence-corrected chi connectivity index (χ0v) is 14.7. The molecule has 0 fully saturated rings. The summed E-state index contributed by atoms with van der Waals surface area (Å²) in [6.07, 6.45) is 1.07. The molecule has 0 saturated heterocycles. The number of nitrogens with zero attached hydrogens (tertiary/aromatic N) is 1. The largest absolute Gasteiger partial charge is 0.495 e. The topological polar surface area (TPSA) is 111 Å². The Morgan fingerprint density at radius 1 is 1.33 bits per heavy atom. The minimum Gasteiger partial charge on any atom is -0.495 e. The zero-order valence-electron chi connectivity index (χ0n) is 14.7. The number of nitrogens with one attached hydrogen (secondary N) is 2. The van der Waals surface area contributed by atoms with E-state index in [0.29, 0.717) is 18.6 Å². The van der Waals surface area contributed by atoms with Gasteiger partial charge in [-0.05, 0) is 30.5 Å². The van der Waals surface area contributed by atoms with E-state index in [0.717, 1.165) is 11.3 Å². The molecule has 0 bridgehead atoms. The van der Waals surface area contributed by atoms with Gasteiger partial charge in [0.15, 0.2) is 0 Å². The van der Waals surface area contributed by atoms with Crippen molar-refractivity contribution in [1.29, 1.82) is 0 Å². The second-order valence-electron chi connectivity index (χ2n) is 6.28. The molecule has 1 aliphatic rings. The van der Waals surface area contributed by atoms with Crippen molar-refractivity contribution in [2.24, 2.45) is 5.92 Å². The molecule has 2 N–H and O–H groups in total. The first-order valence-electron chi connectivity index (χ1n) is 8.49. The summed E-state index contributed by atoms with van der Waals surface area (Å²) >= 11 is 0. The first kappa shape index (κ1) is 18.4. The van der Waals surface area contributed by atoms with E-state index in [1.807, 2.05) is 24.3 Å². The first-order chi connectivity index (χ1) is 13.0. The van der Waals surface area contributed by atoms with E-state index in [2.05, 4.69) is 10.6 Å². The van der Waals surface area contributed by atoms with Crippen molar-refractivity contribution in [2.75, 3.05) is 17.7 Å². The highest BCUT2D eigenvalue weighted by atomic mass is 16.6. The summed E-state index contributed by atoms with van der Waals surface area (Å²) in [7, 11) is 1.42. The van der Waals surface area contributed by atoms with Crippen LogP contribution in [0.25, 0.3) is 0 Å². The molecule has 1 atom stereocenters. The maximum atomic E-state index is 12.3. The lowest BCUT2D eigenvalue weighted by molar-refractivity contribution is -0.384. The predicted octanol–water partition coefficient (Wildman–Crippen LogP) is 3.13. The summed E-state index contributed by atoms with van der Waals surface area (Å²) in [5.74, 6) is -0.397. The molecule has 8 nitrogen and oxygen atoms in total. The van der Waals surface area contributed by atoms with Crippen LogP contribution in [0.1, 0.15) is 18.4 Å². The average Bonchev–Trinajstić information content (AvgIpc) is 2.66. The molecule has 0 saturated carbocycles. The number of carbonyl (C=O) groups is 2. The van der Waals surface area contributed by atoms with Gasteiger partial charge in [0.25, 0.3) is 5.69 Å². The number of nitro groups is 1. The second kappa shape index (κ2) is 7.86. The van der Waals surface area contributed by atoms with Gasteiger partial charge in [0.1, 0.15) is 5.75 Å². The fraction of sp³-hybridized carbons (Fsp3) is 0.263. The number of rotatable bonds is 6. The van der Waals surface area contributed by atoms with Crippen LogP contribution in [0.4, 0.5) is 17.1 Å². The summed E-state index contributed by atoms with van der Waals surface area (Å²) in [5.41, 5.74) is 1.94. The summed E-state index contributed by atoms with van der Waals surface area (Å²) in [6.45, 7) is 0. The number of amides is 2. The fourth-order valence-corrected chi connectivity index (χ4v) is 3.07. The van der Waals surface area contributed by atoms with Crippen LogP contribution in [0.5, 0.6) is 5.75 Å². The third kappa shape index (κ3) is 4.22. The van der Waals surface area contributed by atoms with E-state index < -0.39 is 4.92 Å². The van der Waals surface area contributed by atoms with Crippen molar-refractivity contribution in [3.8, 4) is 5.75 Å². The van der Waals surface area contributed by atoms with Crippen molar-refractivity contribution < 1.29 is 19.2 Å². The van der Waals surface area contributed by atoms with Gasteiger partial charge in [-0.1, -0.05) is 18.2 Å². The number of hydrogen-bond donors (Lipinski definition) is 2. The maximum Gasteiger partial charge on any atom is 0.271 e. The van der Waals surface area contributed by atoms with Gasteiger partial charge >= 0.3 is 0 Å². The van der Waals surface area contributed by atoms with Crippen LogP contribution in [0.15, 0.2) is 42.5 Å². The highest BCUT2D eigenvalue weighted by Crippen LogP contribution is 2.30. The Morgan fingerprint density at radius 3 is 2.85 bits per heavy atom. The Bertz CT molecular complexity index is 897. The number of nitro benzene ring substituents is 1. The van der Waals surface area contributed by atoms with Crippen molar-refractivity contribution in [2.45, 2.75) is 19.3 Å². The molecule has 2 aromatic rings. The van der Waals surface area contributed by atoms with Gasteiger partial charge in [0.05, 0.1) is 17.7 Å². The van der Waals surface area contributed by atoms with Crippen LogP contribution in [-0.4, -0.2) is 23.8 Å². The van der Waals surface area contributed by atoms with E-state index in [4.69, 9.17) is 4.74 Å². The molecule has 1 unspecified atom stereocenters. The molecule has 2 aromatic carbocycles. The molecule has 3 rings (SSSR count). The van der Waals surface area contributed by atoms with Crippen LogP contribution in [0.2, 0.25) is 0 Å². The van der Waals surface area contributed by atoms with Crippen molar-refractivity contribution in [3.63, 3.8) is 0 Å². The smallest absolute Gasteiger partial charge is 0.271 e. The highest BCUT2D eigenvalue weighted by molar-refractivity contribution is 5.97. The molecule has 1 heterocycles. The third-order valence-electron chi connectivity index (χ3n) is 4.50. The van der Waals surface area contributed by atoms with Crippen molar-refractivity contribution in [1.82, 2.24) is 0 Å². The van der Waals surface area contributed by atoms with Crippen molar-refractivity contribution >= 4 is 28.9 Å². The van der Waals surface area contributed by atoms with Crippen molar-refractivity contribution in [3.05, 3.63) is 58.1 Å². The number of benzene rings is 2. The first-order valence-corrected chi connectivity index (χ1v) is 8.49. The van der Waals surface area contributed by atoms with Crippen LogP contribution >= 0.6 is 0 Å². The lowest BCUT2D eigenvalue weighted by Gasteiger charge is -2.24. The lowest BCUT2D eigenvalue weighted by Crippen LogP contribution is -2.30. The third-order valence-corrected chi connectivity index (χ3v) is 4.50. The number of para-hydroxylation sites is 1. The van der Waals surface area contributed by atoms with Gasteiger partial charge in [-0.25, -0.2) is 0 Å². The van der Waals surface area contributed by atoms with Crippen LogP contribution in [0.3, 0.4) is 0 Å². The number of anilines is 2. The Kier molecular flexibility index (Phi) is 5.35. The van der Waals surface area contributed by atoms with E-state index in [1.165, 1.54) is 25.3 Å². The predicted molar refractivity (Wildman–Crippen MR) is 99.8 cm³/mol. The molecule has 1 aliphatic heterocycles. The Balaban J connectivity index is 1.63. The number of carbonyl (C=O) groups excluding carboxylic acids is 2. The minimum atomic E-state index is -0.543. The molecule has 0 aromatic heterocycles. The molecule has 27 heavy (non-hydrogen) atoms. The molecular formula is C19H19N3O5. The van der Waals surface area contributed by atoms with Gasteiger partial charge in [0, 0.05) is 30.2 Å². The number of methoxy groups -OCH3 is 1. The fourth-order valence-electron chi connectivity index (χ4n) is 3.07. The van der Waals surface area contributed by atoms with Gasteiger partial charge in [0.2, 0.25) is 11.8 Å². The number of hydrogen-bond acceptors (Lipinski definition) is 5. The molecule has 0 radical (unpaired) electrons. The SMILES string of the molecule is COc1ccc([N+](=O)[O-])cc1NC(=O)CCC1Cc2ccccc2NC1=O. The van der Waals surface area contributed by atoms with Crippen LogP contribution < -0.4 is 15.4 Å². The van der Waals surface area contributed by atoms with E-state index in [-0.39, 0.29) is 35.5 Å². The normalized spacial score (nSPS) is 15.4. The molecule has 0 aliphatic carbocycles. The Hall–Kier alpha value is -3.42. The summed E-state index contributed by atoms with van der Waals surface area (Å²) in [5, 5.41) is 16.4. The molecule has 0 spiro atoms. The maximum absolute atomic E-state index is 12.3. The summed E-state index contributed by atoms with van der Waals surface area (Å²) < 4.78 is 5.13. The number of non-ortho nitro benzene ring substituents is 1. The minimum absolute atomic E-state index is 0.102. The van der Waals surface area contributed by atoms with Gasteiger partial charge < -0.3 is 15.4 Å². The zero-order chi connectivity index (χ0) is 19.4. The Labute approximate surface area is 155 Å². The van der Waals surface area contributed by atoms with Gasteiger partial charge in [-0.3, -0.25) is 19.7 Å². The highest BCUT2D eigenvalue weighted by Gasteiger charge is 2.26. The standard InChI is InChI=1S/C19H19N3O5/c1-27-17-8-7-14(22(25)26)11-16(17)20-18(23)9-6-13-10-12-4-2-3-5-15(12)21-19(13)24/h2-5,7-8,11,13H,6,9-10H2,1H3,(H,20,23)(H,21,24). The molecular weight excluding hydrogens is 350 g/mol. The van der Waals surface area contributed by atoms with Gasteiger partial charge in [-0.2, -0.15) is 0 Å². The summed E-state index contributed by atoms with van der Waals surface area (Å²) in [4.78, 5) is 34.9. The average molecular weight is 369 g/mol. The monoisotopic (exact) mass is 369 g/mol. The number of ether oxygens (including phenoxy) is 1. The molecule has 8 heteroatoms. The van der Waals surface area contributed by atoms with Gasteiger partial charge in [-0.15, -0.1) is 0 Å². The quantitative estimate of drug-likeness (QED) is 0.600. The summed E-state index contributed by atoms with van der Waals surface area (Å²) in [6, 6.07) is 11.6. The Morgan fingerprint density at radius 2 is 2.11 bits per heavy atom. The van der Waals surface area contributed by atoms with Crippen LogP contribution in [0, 0.1) is 16.0 Å². The van der Waals surface area contributed by atoms with E-state index >= 15 is 0 Å². The van der Waals surface area contributed by atoms with E-state index in [1.54, 1.807) is 0 Å². The number of fused-ring (bicyclic) bond motifs is 1. The molecule has 2 amide bonds. The van der Waals surface area contributed by atoms with Crippen LogP contribution in [-0.2, 0) is 16.0 Å².